The molecule has 100 valence electrons. The lowest BCUT2D eigenvalue weighted by Crippen LogP contribution is -2.31. The summed E-state index contributed by atoms with van der Waals surface area (Å²) in [5.41, 5.74) is 2.91. The van der Waals surface area contributed by atoms with Gasteiger partial charge in [-0.25, -0.2) is 4.98 Å². The largest absolute Gasteiger partial charge is 0.348 e. The Labute approximate surface area is 118 Å². The first-order valence-electron chi connectivity index (χ1n) is 6.56. The number of hydrogen-bond donors (Lipinski definition) is 2. The van der Waals surface area contributed by atoms with Crippen molar-refractivity contribution in [2.75, 3.05) is 0 Å². The van der Waals surface area contributed by atoms with Gasteiger partial charge in [0.05, 0.1) is 6.54 Å². The molecule has 0 bridgehead atoms. The van der Waals surface area contributed by atoms with Gasteiger partial charge in [-0.05, 0) is 35.1 Å². The highest BCUT2D eigenvalue weighted by Gasteiger charge is 2.38. The van der Waals surface area contributed by atoms with Crippen LogP contribution in [0.1, 0.15) is 36.8 Å². The van der Waals surface area contributed by atoms with Crippen LogP contribution in [-0.2, 0) is 13.0 Å². The molecule has 3 nitrogen and oxygen atoms in total. The predicted octanol–water partition coefficient (Wildman–Crippen LogP) is 3.48. The number of rotatable bonds is 3. The molecule has 0 spiro atoms. The van der Waals surface area contributed by atoms with E-state index in [-0.39, 0.29) is 5.41 Å². The topological polar surface area (TPSA) is 40.7 Å². The maximum absolute atomic E-state index is 6.14. The Hall–Kier alpha value is -1.32. The Morgan fingerprint density at radius 3 is 3.05 bits per heavy atom. The quantitative estimate of drug-likeness (QED) is 0.900. The fraction of sp³-hybridized carbons (Fsp3) is 0.400. The first-order chi connectivity index (χ1) is 9.06. The zero-order valence-electron chi connectivity index (χ0n) is 11.2. The minimum atomic E-state index is 0.194. The van der Waals surface area contributed by atoms with Gasteiger partial charge in [-0.15, -0.1) is 0 Å². The highest BCUT2D eigenvalue weighted by molar-refractivity contribution is 6.30. The Morgan fingerprint density at radius 2 is 2.32 bits per heavy atom. The molecule has 3 rings (SSSR count). The van der Waals surface area contributed by atoms with E-state index in [1.807, 2.05) is 12.3 Å². The zero-order chi connectivity index (χ0) is 13.5. The second kappa shape index (κ2) is 4.66. The van der Waals surface area contributed by atoms with Crippen molar-refractivity contribution in [2.24, 2.45) is 5.41 Å². The van der Waals surface area contributed by atoms with Crippen molar-refractivity contribution in [1.82, 2.24) is 15.3 Å². The maximum Gasteiger partial charge on any atom is 0.120 e. The van der Waals surface area contributed by atoms with Gasteiger partial charge >= 0.3 is 0 Å². The van der Waals surface area contributed by atoms with E-state index in [1.54, 1.807) is 6.20 Å². The van der Waals surface area contributed by atoms with Gasteiger partial charge in [-0.2, -0.15) is 0 Å². The van der Waals surface area contributed by atoms with Gasteiger partial charge < -0.3 is 10.3 Å². The summed E-state index contributed by atoms with van der Waals surface area (Å²) >= 11 is 6.14. The fourth-order valence-electron chi connectivity index (χ4n) is 2.99. The van der Waals surface area contributed by atoms with Crippen molar-refractivity contribution in [2.45, 2.75) is 32.9 Å². The molecule has 0 radical (unpaired) electrons. The van der Waals surface area contributed by atoms with E-state index < -0.39 is 0 Å². The van der Waals surface area contributed by atoms with Crippen LogP contribution in [0.3, 0.4) is 0 Å². The van der Waals surface area contributed by atoms with Crippen LogP contribution >= 0.6 is 11.6 Å². The van der Waals surface area contributed by atoms with Crippen LogP contribution in [0, 0.1) is 5.41 Å². The molecule has 0 aliphatic heterocycles. The lowest BCUT2D eigenvalue weighted by molar-refractivity contribution is 0.266. The first-order valence-corrected chi connectivity index (χ1v) is 6.94. The summed E-state index contributed by atoms with van der Waals surface area (Å²) in [4.78, 5) is 7.38. The van der Waals surface area contributed by atoms with Gasteiger partial charge in [0.15, 0.2) is 0 Å². The summed E-state index contributed by atoms with van der Waals surface area (Å²) < 4.78 is 0. The fourth-order valence-corrected chi connectivity index (χ4v) is 3.17. The summed E-state index contributed by atoms with van der Waals surface area (Å²) in [5, 5.41) is 4.41. The third-order valence-corrected chi connectivity index (χ3v) is 4.11. The lowest BCUT2D eigenvalue weighted by atomic mass is 9.85. The molecule has 1 aliphatic carbocycles. The molecule has 2 aromatic rings. The number of nitrogens with one attached hydrogen (secondary N) is 2. The van der Waals surface area contributed by atoms with Crippen LogP contribution in [0.25, 0.3) is 0 Å². The number of benzene rings is 1. The third-order valence-electron chi connectivity index (χ3n) is 3.87. The minimum Gasteiger partial charge on any atom is -0.348 e. The summed E-state index contributed by atoms with van der Waals surface area (Å²) in [6, 6.07) is 6.52. The zero-order valence-corrected chi connectivity index (χ0v) is 12.0. The Bertz CT molecular complexity index is 575. The van der Waals surface area contributed by atoms with Crippen molar-refractivity contribution >= 4 is 11.6 Å². The Balaban J connectivity index is 1.85. The summed E-state index contributed by atoms with van der Waals surface area (Å²) in [6.07, 6.45) is 4.71. The standard InChI is InChI=1S/C15H18ClN3/c1-15(2)8-10-3-4-11(16)7-12(10)14(15)19-9-13-17-5-6-18-13/h3-7,14,19H,8-9H2,1-2H3,(H,17,18). The molecule has 0 saturated heterocycles. The second-order valence-electron chi connectivity index (χ2n) is 5.86. The number of aromatic amines is 1. The van der Waals surface area contributed by atoms with Crippen LogP contribution in [0.15, 0.2) is 30.6 Å². The molecule has 1 aromatic carbocycles. The molecule has 19 heavy (non-hydrogen) atoms. The van der Waals surface area contributed by atoms with Crippen LogP contribution in [-0.4, -0.2) is 9.97 Å². The van der Waals surface area contributed by atoms with Crippen molar-refractivity contribution in [3.05, 3.63) is 52.6 Å². The molecule has 1 atom stereocenters. The van der Waals surface area contributed by atoms with Gasteiger partial charge in [0.2, 0.25) is 0 Å². The molecule has 0 saturated carbocycles. The number of halogens is 1. The molecule has 1 heterocycles. The van der Waals surface area contributed by atoms with Gasteiger partial charge in [0.1, 0.15) is 5.82 Å². The minimum absolute atomic E-state index is 0.194. The van der Waals surface area contributed by atoms with E-state index in [0.717, 1.165) is 23.8 Å². The van der Waals surface area contributed by atoms with Gasteiger partial charge in [-0.1, -0.05) is 31.5 Å². The van der Waals surface area contributed by atoms with E-state index >= 15 is 0 Å². The summed E-state index contributed by atoms with van der Waals surface area (Å²) in [5.74, 6) is 0.964. The molecule has 0 fully saturated rings. The average Bonchev–Trinajstić information content (AvgIpc) is 2.92. The summed E-state index contributed by atoms with van der Waals surface area (Å²) in [6.45, 7) is 5.33. The van der Waals surface area contributed by atoms with E-state index in [0.29, 0.717) is 6.04 Å². The number of H-pyrrole nitrogens is 1. The first kappa shape index (κ1) is 12.7. The van der Waals surface area contributed by atoms with E-state index in [4.69, 9.17) is 11.6 Å². The second-order valence-corrected chi connectivity index (χ2v) is 6.29. The smallest absolute Gasteiger partial charge is 0.120 e. The van der Waals surface area contributed by atoms with E-state index in [9.17, 15) is 0 Å². The van der Waals surface area contributed by atoms with Gasteiger partial charge in [-0.3, -0.25) is 0 Å². The highest BCUT2D eigenvalue weighted by atomic mass is 35.5. The van der Waals surface area contributed by atoms with Gasteiger partial charge in [0.25, 0.3) is 0 Å². The van der Waals surface area contributed by atoms with Crippen molar-refractivity contribution in [3.63, 3.8) is 0 Å². The van der Waals surface area contributed by atoms with Gasteiger partial charge in [0, 0.05) is 23.5 Å². The van der Waals surface area contributed by atoms with Crippen molar-refractivity contribution < 1.29 is 0 Å². The lowest BCUT2D eigenvalue weighted by Gasteiger charge is -2.28. The molecule has 0 amide bonds. The third kappa shape index (κ3) is 2.40. The molecule has 2 N–H and O–H groups in total. The van der Waals surface area contributed by atoms with Crippen molar-refractivity contribution in [1.29, 1.82) is 0 Å². The average molecular weight is 276 g/mol. The molecule has 1 aromatic heterocycles. The normalized spacial score (nSPS) is 20.5. The van der Waals surface area contributed by atoms with Crippen LogP contribution < -0.4 is 5.32 Å². The van der Waals surface area contributed by atoms with E-state index in [2.05, 4.69) is 41.3 Å². The molecule has 1 aliphatic rings. The Morgan fingerprint density at radius 1 is 1.47 bits per heavy atom. The number of aromatic nitrogens is 2. The highest BCUT2D eigenvalue weighted by Crippen LogP contribution is 2.45. The molecular formula is C15H18ClN3. The van der Waals surface area contributed by atoms with Crippen LogP contribution in [0.5, 0.6) is 0 Å². The summed E-state index contributed by atoms with van der Waals surface area (Å²) in [7, 11) is 0. The number of fused-ring (bicyclic) bond motifs is 1. The van der Waals surface area contributed by atoms with Crippen LogP contribution in [0.4, 0.5) is 0 Å². The molecule has 1 unspecified atom stereocenters. The van der Waals surface area contributed by atoms with Crippen LogP contribution in [0.2, 0.25) is 5.02 Å². The number of nitrogens with zero attached hydrogens (tertiary/aromatic N) is 1. The number of hydrogen-bond acceptors (Lipinski definition) is 2. The molecule has 4 heteroatoms. The van der Waals surface area contributed by atoms with Crippen molar-refractivity contribution in [3.8, 4) is 0 Å². The maximum atomic E-state index is 6.14. The SMILES string of the molecule is CC1(C)Cc2ccc(Cl)cc2C1NCc1ncc[nH]1. The number of imidazole rings is 1. The predicted molar refractivity (Wildman–Crippen MR) is 77.1 cm³/mol. The molecular weight excluding hydrogens is 258 g/mol. The van der Waals surface area contributed by atoms with E-state index in [1.165, 1.54) is 11.1 Å². The Kier molecular flexibility index (Phi) is 3.11. The monoisotopic (exact) mass is 275 g/mol.